The van der Waals surface area contributed by atoms with Crippen LogP contribution >= 0.6 is 0 Å². The molecule has 0 radical (unpaired) electrons. The molecule has 1 unspecified atom stereocenters. The first-order chi connectivity index (χ1) is 10.4. The highest BCUT2D eigenvalue weighted by Gasteiger charge is 2.29. The number of hydrogen-bond donors (Lipinski definition) is 1. The number of nitrogens with zero attached hydrogens (tertiary/aromatic N) is 3. The number of fused-ring (bicyclic) bond motifs is 1. The third-order valence-electron chi connectivity index (χ3n) is 4.86. The molecule has 1 saturated carbocycles. The lowest BCUT2D eigenvalue weighted by molar-refractivity contribution is 0.629. The van der Waals surface area contributed by atoms with E-state index in [1.807, 2.05) is 0 Å². The lowest BCUT2D eigenvalue weighted by Crippen LogP contribution is -2.30. The Bertz CT molecular complexity index is 629. The molecule has 21 heavy (non-hydrogen) atoms. The van der Waals surface area contributed by atoms with E-state index >= 15 is 0 Å². The molecule has 1 atom stereocenters. The zero-order chi connectivity index (χ0) is 14.2. The van der Waals surface area contributed by atoms with Gasteiger partial charge in [-0.2, -0.15) is 0 Å². The standard InChI is InChI=1S/C17H24N4/c1-2-14-6-5-11-20(14)17-15(12-18-13-8-9-13)21-10-4-3-7-16(21)19-17/h3-4,7,10,13-14,18H,2,5-6,8-9,11-12H2,1H3. The molecular formula is C17H24N4. The van der Waals surface area contributed by atoms with Gasteiger partial charge < -0.3 is 14.6 Å². The van der Waals surface area contributed by atoms with E-state index in [9.17, 15) is 0 Å². The van der Waals surface area contributed by atoms with Crippen molar-refractivity contribution < 1.29 is 0 Å². The molecule has 3 heterocycles. The first-order valence-electron chi connectivity index (χ1n) is 8.33. The molecule has 1 N–H and O–H groups in total. The first kappa shape index (κ1) is 13.1. The van der Waals surface area contributed by atoms with Crippen LogP contribution in [0.3, 0.4) is 0 Å². The molecular weight excluding hydrogens is 260 g/mol. The third-order valence-corrected chi connectivity index (χ3v) is 4.86. The minimum atomic E-state index is 0.662. The molecule has 2 aliphatic rings. The molecule has 1 aliphatic heterocycles. The molecule has 1 saturated heterocycles. The zero-order valence-corrected chi connectivity index (χ0v) is 12.8. The minimum Gasteiger partial charge on any atom is -0.352 e. The molecule has 0 amide bonds. The van der Waals surface area contributed by atoms with Crippen LogP contribution in [0.25, 0.3) is 5.65 Å². The molecule has 4 heteroatoms. The van der Waals surface area contributed by atoms with Crippen molar-refractivity contribution in [2.45, 2.75) is 57.7 Å². The molecule has 0 aromatic carbocycles. The minimum absolute atomic E-state index is 0.662. The summed E-state index contributed by atoms with van der Waals surface area (Å²) in [6.07, 6.45) is 8.61. The maximum absolute atomic E-state index is 4.94. The van der Waals surface area contributed by atoms with E-state index in [4.69, 9.17) is 4.98 Å². The number of imidazole rings is 1. The maximum atomic E-state index is 4.94. The van der Waals surface area contributed by atoms with E-state index in [2.05, 4.69) is 45.9 Å². The fourth-order valence-electron chi connectivity index (χ4n) is 3.50. The Hall–Kier alpha value is -1.55. The van der Waals surface area contributed by atoms with Crippen LogP contribution in [0.15, 0.2) is 24.4 Å². The number of rotatable bonds is 5. The van der Waals surface area contributed by atoms with Gasteiger partial charge in [-0.05, 0) is 44.2 Å². The summed E-state index contributed by atoms with van der Waals surface area (Å²) in [5.41, 5.74) is 2.40. The van der Waals surface area contributed by atoms with Gasteiger partial charge in [0, 0.05) is 31.4 Å². The molecule has 4 rings (SSSR count). The SMILES string of the molecule is CCC1CCCN1c1nc2ccccn2c1CNC1CC1. The van der Waals surface area contributed by atoms with E-state index in [1.165, 1.54) is 43.6 Å². The number of pyridine rings is 1. The van der Waals surface area contributed by atoms with Gasteiger partial charge >= 0.3 is 0 Å². The number of anilines is 1. The van der Waals surface area contributed by atoms with Crippen LogP contribution in [0.5, 0.6) is 0 Å². The van der Waals surface area contributed by atoms with E-state index < -0.39 is 0 Å². The fraction of sp³-hybridized carbons (Fsp3) is 0.588. The second-order valence-corrected chi connectivity index (χ2v) is 6.36. The van der Waals surface area contributed by atoms with Gasteiger partial charge in [0.1, 0.15) is 5.65 Å². The smallest absolute Gasteiger partial charge is 0.152 e. The molecule has 2 aromatic rings. The van der Waals surface area contributed by atoms with E-state index in [0.717, 1.165) is 24.8 Å². The Labute approximate surface area is 126 Å². The van der Waals surface area contributed by atoms with Gasteiger partial charge in [0.2, 0.25) is 0 Å². The van der Waals surface area contributed by atoms with Gasteiger partial charge in [-0.1, -0.05) is 13.0 Å². The third kappa shape index (κ3) is 2.42. The zero-order valence-electron chi connectivity index (χ0n) is 12.8. The van der Waals surface area contributed by atoms with Gasteiger partial charge in [-0.15, -0.1) is 0 Å². The van der Waals surface area contributed by atoms with Gasteiger partial charge in [0.25, 0.3) is 0 Å². The van der Waals surface area contributed by atoms with Gasteiger partial charge in [-0.25, -0.2) is 4.98 Å². The Morgan fingerprint density at radius 3 is 3.00 bits per heavy atom. The van der Waals surface area contributed by atoms with Crippen LogP contribution in [0.1, 0.15) is 44.7 Å². The van der Waals surface area contributed by atoms with Crippen molar-refractivity contribution in [2.24, 2.45) is 0 Å². The Kier molecular flexibility index (Phi) is 3.34. The van der Waals surface area contributed by atoms with E-state index in [0.29, 0.717) is 6.04 Å². The second kappa shape index (κ2) is 5.34. The summed E-state index contributed by atoms with van der Waals surface area (Å²) in [4.78, 5) is 7.48. The molecule has 1 aliphatic carbocycles. The topological polar surface area (TPSA) is 32.6 Å². The summed E-state index contributed by atoms with van der Waals surface area (Å²) < 4.78 is 2.26. The normalized spacial score (nSPS) is 22.3. The molecule has 2 aromatic heterocycles. The number of nitrogens with one attached hydrogen (secondary N) is 1. The highest BCUT2D eigenvalue weighted by atomic mass is 15.3. The highest BCUT2D eigenvalue weighted by Crippen LogP contribution is 2.31. The van der Waals surface area contributed by atoms with Gasteiger partial charge in [-0.3, -0.25) is 0 Å². The Morgan fingerprint density at radius 1 is 1.29 bits per heavy atom. The van der Waals surface area contributed by atoms with Crippen molar-refractivity contribution in [3.8, 4) is 0 Å². The van der Waals surface area contributed by atoms with Gasteiger partial charge in [0.15, 0.2) is 5.82 Å². The summed E-state index contributed by atoms with van der Waals surface area (Å²) in [5, 5.41) is 3.66. The fourth-order valence-corrected chi connectivity index (χ4v) is 3.50. The summed E-state index contributed by atoms with van der Waals surface area (Å²) in [7, 11) is 0. The van der Waals surface area contributed by atoms with Crippen molar-refractivity contribution in [3.05, 3.63) is 30.1 Å². The quantitative estimate of drug-likeness (QED) is 0.916. The Morgan fingerprint density at radius 2 is 2.19 bits per heavy atom. The molecule has 112 valence electrons. The predicted octanol–water partition coefficient (Wildman–Crippen LogP) is 2.97. The van der Waals surface area contributed by atoms with Crippen molar-refractivity contribution >= 4 is 11.5 Å². The largest absolute Gasteiger partial charge is 0.352 e. The van der Waals surface area contributed by atoms with Crippen LogP contribution < -0.4 is 10.2 Å². The average Bonchev–Trinajstić information content (AvgIpc) is 3.11. The number of aromatic nitrogens is 2. The van der Waals surface area contributed by atoms with Crippen molar-refractivity contribution in [3.63, 3.8) is 0 Å². The molecule has 0 bridgehead atoms. The average molecular weight is 284 g/mol. The molecule has 4 nitrogen and oxygen atoms in total. The van der Waals surface area contributed by atoms with Crippen LogP contribution in [0, 0.1) is 0 Å². The summed E-state index contributed by atoms with van der Waals surface area (Å²) in [6, 6.07) is 7.68. The summed E-state index contributed by atoms with van der Waals surface area (Å²) in [5.74, 6) is 1.21. The monoisotopic (exact) mass is 284 g/mol. The first-order valence-corrected chi connectivity index (χ1v) is 8.33. The highest BCUT2D eigenvalue weighted by molar-refractivity contribution is 5.57. The van der Waals surface area contributed by atoms with Crippen molar-refractivity contribution in [2.75, 3.05) is 11.4 Å². The molecule has 2 fully saturated rings. The molecule has 0 spiro atoms. The van der Waals surface area contributed by atoms with Crippen molar-refractivity contribution in [1.82, 2.24) is 14.7 Å². The van der Waals surface area contributed by atoms with Gasteiger partial charge in [0.05, 0.1) is 5.69 Å². The lowest BCUT2D eigenvalue weighted by atomic mass is 10.2. The number of hydrogen-bond acceptors (Lipinski definition) is 3. The van der Waals surface area contributed by atoms with Crippen molar-refractivity contribution in [1.29, 1.82) is 0 Å². The maximum Gasteiger partial charge on any atom is 0.152 e. The lowest BCUT2D eigenvalue weighted by Gasteiger charge is -2.25. The summed E-state index contributed by atoms with van der Waals surface area (Å²) >= 11 is 0. The summed E-state index contributed by atoms with van der Waals surface area (Å²) in [6.45, 7) is 4.37. The van der Waals surface area contributed by atoms with E-state index in [1.54, 1.807) is 0 Å². The van der Waals surface area contributed by atoms with E-state index in [-0.39, 0.29) is 0 Å². The van der Waals surface area contributed by atoms with Crippen LogP contribution in [0.2, 0.25) is 0 Å². The predicted molar refractivity (Wildman–Crippen MR) is 85.7 cm³/mol. The van der Waals surface area contributed by atoms with Crippen LogP contribution in [-0.4, -0.2) is 28.0 Å². The second-order valence-electron chi connectivity index (χ2n) is 6.36. The van der Waals surface area contributed by atoms with Crippen LogP contribution in [0.4, 0.5) is 5.82 Å². The van der Waals surface area contributed by atoms with Crippen LogP contribution in [-0.2, 0) is 6.54 Å². The Balaban J connectivity index is 1.72.